The molecule has 1 atom stereocenters. The Morgan fingerprint density at radius 2 is 2.11 bits per heavy atom. The standard InChI is InChI=1S/C16H24N2O/c1-12-3-4-16-13(9-12)10-15(19-16)11-18-7-5-14(17-2)6-8-18/h3-4,9,14-15,17H,5-8,10-11H2,1-2H3. The Kier molecular flexibility index (Phi) is 3.76. The van der Waals surface area contributed by atoms with Crippen LogP contribution in [0.1, 0.15) is 24.0 Å². The van der Waals surface area contributed by atoms with Crippen molar-refractivity contribution in [1.29, 1.82) is 0 Å². The Balaban J connectivity index is 1.53. The fourth-order valence-electron chi connectivity index (χ4n) is 3.24. The van der Waals surface area contributed by atoms with E-state index in [4.69, 9.17) is 4.74 Å². The Morgan fingerprint density at radius 1 is 1.32 bits per heavy atom. The molecule has 1 aromatic rings. The second-order valence-electron chi connectivity index (χ2n) is 5.92. The Morgan fingerprint density at radius 3 is 2.84 bits per heavy atom. The molecule has 0 amide bonds. The van der Waals surface area contributed by atoms with Crippen molar-refractivity contribution in [1.82, 2.24) is 10.2 Å². The van der Waals surface area contributed by atoms with E-state index in [2.05, 4.69) is 42.4 Å². The van der Waals surface area contributed by atoms with Gasteiger partial charge >= 0.3 is 0 Å². The highest BCUT2D eigenvalue weighted by atomic mass is 16.5. The van der Waals surface area contributed by atoms with E-state index in [1.807, 2.05) is 0 Å². The third-order valence-electron chi connectivity index (χ3n) is 4.41. The van der Waals surface area contributed by atoms with E-state index < -0.39 is 0 Å². The zero-order chi connectivity index (χ0) is 13.2. The maximum atomic E-state index is 6.06. The summed E-state index contributed by atoms with van der Waals surface area (Å²) in [5, 5.41) is 3.38. The van der Waals surface area contributed by atoms with Gasteiger partial charge in [-0.25, -0.2) is 0 Å². The molecule has 1 aromatic carbocycles. The number of aryl methyl sites for hydroxylation is 1. The third kappa shape index (κ3) is 2.93. The van der Waals surface area contributed by atoms with Crippen LogP contribution in [0, 0.1) is 6.92 Å². The number of piperidine rings is 1. The molecule has 0 spiro atoms. The first-order valence-corrected chi connectivity index (χ1v) is 7.40. The summed E-state index contributed by atoms with van der Waals surface area (Å²) in [5.41, 5.74) is 2.72. The Labute approximate surface area is 115 Å². The Bertz CT molecular complexity index is 438. The van der Waals surface area contributed by atoms with Crippen LogP contribution in [0.2, 0.25) is 0 Å². The summed E-state index contributed by atoms with van der Waals surface area (Å²) in [6.07, 6.45) is 3.94. The molecule has 1 saturated heterocycles. The van der Waals surface area contributed by atoms with E-state index in [0.717, 1.165) is 18.7 Å². The summed E-state index contributed by atoms with van der Waals surface area (Å²) < 4.78 is 6.06. The SMILES string of the molecule is CNC1CCN(CC2Cc3cc(C)ccc3O2)CC1. The second-order valence-corrected chi connectivity index (χ2v) is 5.92. The minimum atomic E-state index is 0.350. The molecule has 2 aliphatic rings. The van der Waals surface area contributed by atoms with E-state index in [-0.39, 0.29) is 0 Å². The summed E-state index contributed by atoms with van der Waals surface area (Å²) in [6, 6.07) is 7.24. The van der Waals surface area contributed by atoms with Crippen molar-refractivity contribution in [2.24, 2.45) is 0 Å². The van der Waals surface area contributed by atoms with Gasteiger partial charge in [0.15, 0.2) is 0 Å². The van der Waals surface area contributed by atoms with Crippen molar-refractivity contribution < 1.29 is 4.74 Å². The normalized spacial score (nSPS) is 24.2. The fourth-order valence-corrected chi connectivity index (χ4v) is 3.24. The van der Waals surface area contributed by atoms with Crippen LogP contribution in [0.15, 0.2) is 18.2 Å². The summed E-state index contributed by atoms with van der Waals surface area (Å²) in [4.78, 5) is 2.55. The summed E-state index contributed by atoms with van der Waals surface area (Å²) >= 11 is 0. The first-order valence-electron chi connectivity index (χ1n) is 7.40. The average molecular weight is 260 g/mol. The van der Waals surface area contributed by atoms with Gasteiger partial charge in [0.1, 0.15) is 11.9 Å². The summed E-state index contributed by atoms with van der Waals surface area (Å²) in [6.45, 7) is 5.61. The van der Waals surface area contributed by atoms with Crippen molar-refractivity contribution >= 4 is 0 Å². The van der Waals surface area contributed by atoms with Crippen LogP contribution in [0.5, 0.6) is 5.75 Å². The number of hydrogen-bond donors (Lipinski definition) is 1. The minimum absolute atomic E-state index is 0.350. The molecule has 1 N–H and O–H groups in total. The van der Waals surface area contributed by atoms with E-state index in [1.165, 1.54) is 37.1 Å². The van der Waals surface area contributed by atoms with Crippen molar-refractivity contribution in [2.45, 2.75) is 38.3 Å². The molecule has 3 nitrogen and oxygen atoms in total. The van der Waals surface area contributed by atoms with Crippen LogP contribution < -0.4 is 10.1 Å². The highest BCUT2D eigenvalue weighted by Crippen LogP contribution is 2.30. The lowest BCUT2D eigenvalue weighted by Crippen LogP contribution is -2.44. The fraction of sp³-hybridized carbons (Fsp3) is 0.625. The number of nitrogens with zero attached hydrogens (tertiary/aromatic N) is 1. The number of fused-ring (bicyclic) bond motifs is 1. The van der Waals surface area contributed by atoms with Crippen LogP contribution in [0.4, 0.5) is 0 Å². The quantitative estimate of drug-likeness (QED) is 0.899. The van der Waals surface area contributed by atoms with Crippen LogP contribution in [0.3, 0.4) is 0 Å². The molecule has 3 heteroatoms. The molecule has 1 fully saturated rings. The second kappa shape index (κ2) is 5.51. The van der Waals surface area contributed by atoms with Gasteiger partial charge in [0.25, 0.3) is 0 Å². The highest BCUT2D eigenvalue weighted by Gasteiger charge is 2.26. The van der Waals surface area contributed by atoms with Gasteiger partial charge in [0.2, 0.25) is 0 Å². The zero-order valence-electron chi connectivity index (χ0n) is 12.0. The lowest BCUT2D eigenvalue weighted by molar-refractivity contribution is 0.125. The van der Waals surface area contributed by atoms with Gasteiger partial charge in [0.05, 0.1) is 0 Å². The largest absolute Gasteiger partial charge is 0.488 e. The predicted octanol–water partition coefficient (Wildman–Crippen LogP) is 1.98. The molecule has 2 heterocycles. The van der Waals surface area contributed by atoms with Crippen molar-refractivity contribution in [3.63, 3.8) is 0 Å². The van der Waals surface area contributed by atoms with Crippen LogP contribution >= 0.6 is 0 Å². The predicted molar refractivity (Wildman–Crippen MR) is 77.8 cm³/mol. The van der Waals surface area contributed by atoms with Gasteiger partial charge in [-0.05, 0) is 51.5 Å². The molecule has 0 aliphatic carbocycles. The van der Waals surface area contributed by atoms with Gasteiger partial charge < -0.3 is 10.1 Å². The number of ether oxygens (including phenoxy) is 1. The molecule has 0 radical (unpaired) electrons. The average Bonchev–Trinajstić information content (AvgIpc) is 2.81. The molecule has 1 unspecified atom stereocenters. The summed E-state index contributed by atoms with van der Waals surface area (Å²) in [7, 11) is 2.07. The molecular weight excluding hydrogens is 236 g/mol. The van der Waals surface area contributed by atoms with E-state index in [1.54, 1.807) is 0 Å². The smallest absolute Gasteiger partial charge is 0.123 e. The van der Waals surface area contributed by atoms with Crippen LogP contribution in [-0.4, -0.2) is 43.7 Å². The molecule has 2 aliphatic heterocycles. The lowest BCUT2D eigenvalue weighted by atomic mass is 10.0. The number of hydrogen-bond acceptors (Lipinski definition) is 3. The first kappa shape index (κ1) is 12.9. The van der Waals surface area contributed by atoms with E-state index in [9.17, 15) is 0 Å². The van der Waals surface area contributed by atoms with E-state index in [0.29, 0.717) is 12.1 Å². The topological polar surface area (TPSA) is 24.5 Å². The number of rotatable bonds is 3. The number of benzene rings is 1. The minimum Gasteiger partial charge on any atom is -0.488 e. The third-order valence-corrected chi connectivity index (χ3v) is 4.41. The van der Waals surface area contributed by atoms with Gasteiger partial charge in [-0.15, -0.1) is 0 Å². The maximum absolute atomic E-state index is 6.06. The number of nitrogens with one attached hydrogen (secondary N) is 1. The van der Waals surface area contributed by atoms with Crippen molar-refractivity contribution in [3.05, 3.63) is 29.3 Å². The van der Waals surface area contributed by atoms with Crippen LogP contribution in [0.25, 0.3) is 0 Å². The number of likely N-dealkylation sites (tertiary alicyclic amines) is 1. The molecule has 0 bridgehead atoms. The molecule has 19 heavy (non-hydrogen) atoms. The summed E-state index contributed by atoms with van der Waals surface area (Å²) in [5.74, 6) is 1.10. The molecule has 3 rings (SSSR count). The van der Waals surface area contributed by atoms with Gasteiger partial charge in [-0.2, -0.15) is 0 Å². The van der Waals surface area contributed by atoms with Gasteiger partial charge in [-0.1, -0.05) is 17.7 Å². The first-order chi connectivity index (χ1) is 9.24. The van der Waals surface area contributed by atoms with Gasteiger partial charge in [0, 0.05) is 19.0 Å². The zero-order valence-corrected chi connectivity index (χ0v) is 12.0. The Hall–Kier alpha value is -1.06. The lowest BCUT2D eigenvalue weighted by Gasteiger charge is -2.33. The van der Waals surface area contributed by atoms with E-state index >= 15 is 0 Å². The highest BCUT2D eigenvalue weighted by molar-refractivity contribution is 5.40. The van der Waals surface area contributed by atoms with Gasteiger partial charge in [-0.3, -0.25) is 4.90 Å². The molecule has 104 valence electrons. The monoisotopic (exact) mass is 260 g/mol. The van der Waals surface area contributed by atoms with Crippen molar-refractivity contribution in [3.8, 4) is 5.75 Å². The molecule has 0 aromatic heterocycles. The maximum Gasteiger partial charge on any atom is 0.123 e. The van der Waals surface area contributed by atoms with Crippen molar-refractivity contribution in [2.75, 3.05) is 26.7 Å². The van der Waals surface area contributed by atoms with Crippen LogP contribution in [-0.2, 0) is 6.42 Å². The molecular formula is C16H24N2O. The molecule has 0 saturated carbocycles.